The Labute approximate surface area is 41.9 Å². The third kappa shape index (κ3) is 0.924. The highest BCUT2D eigenvalue weighted by Gasteiger charge is 1.90. The summed E-state index contributed by atoms with van der Waals surface area (Å²) in [6.45, 7) is 0.770. The summed E-state index contributed by atoms with van der Waals surface area (Å²) in [7, 11) is 0. The second kappa shape index (κ2) is 1.64. The molecule has 1 aliphatic heterocycles. The number of rotatable bonds is 0. The van der Waals surface area contributed by atoms with E-state index in [9.17, 15) is 0 Å². The van der Waals surface area contributed by atoms with Crippen LogP contribution in [0.1, 0.15) is 0 Å². The molecule has 1 aliphatic rings. The molecule has 1 rings (SSSR count). The SMILES string of the molecule is N=C1NC=CCN1. The Bertz CT molecular complexity index is 106. The van der Waals surface area contributed by atoms with Crippen LogP contribution in [0.5, 0.6) is 0 Å². The first-order valence-corrected chi connectivity index (χ1v) is 2.13. The molecule has 0 aliphatic carbocycles. The van der Waals surface area contributed by atoms with E-state index >= 15 is 0 Å². The average Bonchev–Trinajstić information content (AvgIpc) is 1.69. The molecule has 0 aromatic rings. The zero-order valence-corrected chi connectivity index (χ0v) is 3.86. The lowest BCUT2D eigenvalue weighted by Gasteiger charge is -2.08. The van der Waals surface area contributed by atoms with E-state index in [-0.39, 0.29) is 0 Å². The predicted molar refractivity (Wildman–Crippen MR) is 28.0 cm³/mol. The largest absolute Gasteiger partial charge is 0.353 e. The maximum absolute atomic E-state index is 6.92. The molecule has 0 fully saturated rings. The summed E-state index contributed by atoms with van der Waals surface area (Å²) in [5.74, 6) is 0.377. The van der Waals surface area contributed by atoms with Crippen molar-refractivity contribution in [3.05, 3.63) is 12.3 Å². The summed E-state index contributed by atoms with van der Waals surface area (Å²) in [5, 5.41) is 12.4. The first kappa shape index (κ1) is 4.18. The quantitative estimate of drug-likeness (QED) is 0.386. The minimum atomic E-state index is 0.377. The first-order chi connectivity index (χ1) is 3.39. The van der Waals surface area contributed by atoms with Gasteiger partial charge in [0.15, 0.2) is 5.96 Å². The molecular formula is C4H7N3. The van der Waals surface area contributed by atoms with Gasteiger partial charge in [-0.1, -0.05) is 0 Å². The molecule has 0 amide bonds. The van der Waals surface area contributed by atoms with Crippen LogP contribution in [-0.2, 0) is 0 Å². The average molecular weight is 97.1 g/mol. The van der Waals surface area contributed by atoms with Gasteiger partial charge in [-0.3, -0.25) is 5.41 Å². The maximum Gasteiger partial charge on any atom is 0.192 e. The molecule has 0 atom stereocenters. The Morgan fingerprint density at radius 2 is 2.57 bits per heavy atom. The van der Waals surface area contributed by atoms with Crippen molar-refractivity contribution in [2.45, 2.75) is 0 Å². The van der Waals surface area contributed by atoms with Crippen molar-refractivity contribution in [1.29, 1.82) is 5.41 Å². The Morgan fingerprint density at radius 1 is 1.71 bits per heavy atom. The molecule has 0 spiro atoms. The molecule has 7 heavy (non-hydrogen) atoms. The second-order valence-electron chi connectivity index (χ2n) is 1.30. The number of hydrogen-bond acceptors (Lipinski definition) is 1. The van der Waals surface area contributed by atoms with Gasteiger partial charge in [0.25, 0.3) is 0 Å². The van der Waals surface area contributed by atoms with Crippen molar-refractivity contribution in [3.63, 3.8) is 0 Å². The second-order valence-corrected chi connectivity index (χ2v) is 1.30. The molecule has 3 nitrogen and oxygen atoms in total. The van der Waals surface area contributed by atoms with Crippen LogP contribution in [0.2, 0.25) is 0 Å². The van der Waals surface area contributed by atoms with Crippen LogP contribution in [-0.4, -0.2) is 12.5 Å². The standard InChI is InChI=1S/C4H7N3/c5-4-6-2-1-3-7-4/h1-2H,3H2,(H3,5,6,7). The third-order valence-corrected chi connectivity index (χ3v) is 0.742. The summed E-state index contributed by atoms with van der Waals surface area (Å²) < 4.78 is 0. The molecule has 0 aromatic heterocycles. The van der Waals surface area contributed by atoms with Gasteiger partial charge in [0.05, 0.1) is 0 Å². The fourth-order valence-electron chi connectivity index (χ4n) is 0.413. The van der Waals surface area contributed by atoms with Crippen LogP contribution in [0.4, 0.5) is 0 Å². The van der Waals surface area contributed by atoms with E-state index in [1.165, 1.54) is 0 Å². The van der Waals surface area contributed by atoms with Crippen LogP contribution in [0.3, 0.4) is 0 Å². The van der Waals surface area contributed by atoms with Gasteiger partial charge in [-0.25, -0.2) is 0 Å². The number of guanidine groups is 1. The maximum atomic E-state index is 6.92. The van der Waals surface area contributed by atoms with E-state index in [2.05, 4.69) is 10.6 Å². The third-order valence-electron chi connectivity index (χ3n) is 0.742. The number of hydrogen-bond donors (Lipinski definition) is 3. The van der Waals surface area contributed by atoms with Gasteiger partial charge >= 0.3 is 0 Å². The molecule has 3 heteroatoms. The van der Waals surface area contributed by atoms with Crippen molar-refractivity contribution < 1.29 is 0 Å². The molecule has 3 N–H and O–H groups in total. The van der Waals surface area contributed by atoms with Gasteiger partial charge in [0.1, 0.15) is 0 Å². The summed E-state index contributed by atoms with van der Waals surface area (Å²) in [6.07, 6.45) is 3.66. The minimum Gasteiger partial charge on any atom is -0.353 e. The molecule has 1 heterocycles. The van der Waals surface area contributed by atoms with E-state index in [1.807, 2.05) is 6.08 Å². The molecule has 0 saturated heterocycles. The molecular weight excluding hydrogens is 90.1 g/mol. The smallest absolute Gasteiger partial charge is 0.192 e. The van der Waals surface area contributed by atoms with E-state index in [0.29, 0.717) is 5.96 Å². The van der Waals surface area contributed by atoms with Crippen molar-refractivity contribution in [2.75, 3.05) is 6.54 Å². The van der Waals surface area contributed by atoms with Gasteiger partial charge in [-0.15, -0.1) is 0 Å². The Morgan fingerprint density at radius 3 is 2.86 bits per heavy atom. The summed E-state index contributed by atoms with van der Waals surface area (Å²) in [6, 6.07) is 0. The van der Waals surface area contributed by atoms with Crippen molar-refractivity contribution >= 4 is 5.96 Å². The normalized spacial score (nSPS) is 18.0. The van der Waals surface area contributed by atoms with Gasteiger partial charge in [0.2, 0.25) is 0 Å². The summed E-state index contributed by atoms with van der Waals surface area (Å²) in [5.41, 5.74) is 0. The highest BCUT2D eigenvalue weighted by atomic mass is 15.1. The Kier molecular flexibility index (Phi) is 0.978. The lowest BCUT2D eigenvalue weighted by molar-refractivity contribution is 0.925. The molecule has 38 valence electrons. The van der Waals surface area contributed by atoms with Crippen LogP contribution in [0.15, 0.2) is 12.3 Å². The van der Waals surface area contributed by atoms with Crippen LogP contribution in [0.25, 0.3) is 0 Å². The zero-order chi connectivity index (χ0) is 5.11. The molecule has 0 radical (unpaired) electrons. The van der Waals surface area contributed by atoms with Crippen molar-refractivity contribution in [1.82, 2.24) is 10.6 Å². The zero-order valence-electron chi connectivity index (χ0n) is 3.86. The predicted octanol–water partition coefficient (Wildman–Crippen LogP) is -0.372. The van der Waals surface area contributed by atoms with Gasteiger partial charge in [-0.2, -0.15) is 0 Å². The Balaban J connectivity index is 2.47. The highest BCUT2D eigenvalue weighted by Crippen LogP contribution is 1.72. The van der Waals surface area contributed by atoms with E-state index in [4.69, 9.17) is 5.41 Å². The lowest BCUT2D eigenvalue weighted by atomic mass is 10.5. The monoisotopic (exact) mass is 97.1 g/mol. The van der Waals surface area contributed by atoms with Crippen molar-refractivity contribution in [2.24, 2.45) is 0 Å². The summed E-state index contributed by atoms with van der Waals surface area (Å²) in [4.78, 5) is 0. The fourth-order valence-corrected chi connectivity index (χ4v) is 0.413. The van der Waals surface area contributed by atoms with Crippen LogP contribution < -0.4 is 10.6 Å². The molecule has 0 bridgehead atoms. The van der Waals surface area contributed by atoms with Crippen LogP contribution >= 0.6 is 0 Å². The van der Waals surface area contributed by atoms with Gasteiger partial charge < -0.3 is 10.6 Å². The minimum absolute atomic E-state index is 0.377. The lowest BCUT2D eigenvalue weighted by Crippen LogP contribution is -2.36. The molecule has 0 unspecified atom stereocenters. The van der Waals surface area contributed by atoms with Gasteiger partial charge in [-0.05, 0) is 6.08 Å². The van der Waals surface area contributed by atoms with E-state index in [1.54, 1.807) is 6.20 Å². The highest BCUT2D eigenvalue weighted by molar-refractivity contribution is 5.78. The van der Waals surface area contributed by atoms with E-state index in [0.717, 1.165) is 6.54 Å². The fraction of sp³-hybridized carbons (Fsp3) is 0.250. The van der Waals surface area contributed by atoms with Gasteiger partial charge in [0, 0.05) is 12.7 Å². The molecule has 0 saturated carbocycles. The van der Waals surface area contributed by atoms with Crippen LogP contribution in [0, 0.1) is 5.41 Å². The van der Waals surface area contributed by atoms with E-state index < -0.39 is 0 Å². The Hall–Kier alpha value is -0.990. The topological polar surface area (TPSA) is 47.9 Å². The molecule has 0 aromatic carbocycles. The van der Waals surface area contributed by atoms with Crippen molar-refractivity contribution in [3.8, 4) is 0 Å². The number of nitrogens with one attached hydrogen (secondary N) is 3. The summed E-state index contributed by atoms with van der Waals surface area (Å²) >= 11 is 0. The first-order valence-electron chi connectivity index (χ1n) is 2.13.